The summed E-state index contributed by atoms with van der Waals surface area (Å²) in [6.45, 7) is 0.458. The average molecular weight is 391 g/mol. The van der Waals surface area contributed by atoms with Gasteiger partial charge in [0.1, 0.15) is 16.9 Å². The van der Waals surface area contributed by atoms with Crippen LogP contribution in [-0.2, 0) is 6.54 Å². The van der Waals surface area contributed by atoms with Crippen molar-refractivity contribution in [1.82, 2.24) is 4.90 Å². The maximum absolute atomic E-state index is 13.5. The van der Waals surface area contributed by atoms with Crippen LogP contribution in [0.5, 0.6) is 5.75 Å². The number of amides is 1. The lowest BCUT2D eigenvalue weighted by Crippen LogP contribution is -2.42. The third kappa shape index (κ3) is 4.19. The number of ether oxygens (including phenoxy) is 1. The molecule has 0 atom stereocenters. The van der Waals surface area contributed by atoms with Crippen LogP contribution in [-0.4, -0.2) is 24.0 Å². The van der Waals surface area contributed by atoms with E-state index in [0.29, 0.717) is 12.1 Å². The molecule has 0 spiro atoms. The number of hydrogen-bond acceptors (Lipinski definition) is 4. The zero-order valence-corrected chi connectivity index (χ0v) is 16.6. The van der Waals surface area contributed by atoms with Gasteiger partial charge in [0, 0.05) is 18.0 Å². The smallest absolute Gasteiger partial charge is 0.349 e. The largest absolute Gasteiger partial charge is 0.497 e. The average Bonchev–Trinajstić information content (AvgIpc) is 2.77. The molecule has 1 amide bonds. The minimum atomic E-state index is -0.579. The van der Waals surface area contributed by atoms with Gasteiger partial charge in [0.15, 0.2) is 0 Å². The van der Waals surface area contributed by atoms with Crippen LogP contribution in [0, 0.1) is 0 Å². The van der Waals surface area contributed by atoms with Crippen LogP contribution in [0.2, 0.25) is 0 Å². The topological polar surface area (TPSA) is 59.8 Å². The molecule has 150 valence electrons. The van der Waals surface area contributed by atoms with E-state index < -0.39 is 5.63 Å². The molecule has 1 aromatic heterocycles. The lowest BCUT2D eigenvalue weighted by Gasteiger charge is -2.34. The van der Waals surface area contributed by atoms with Gasteiger partial charge in [-0.3, -0.25) is 4.79 Å². The summed E-state index contributed by atoms with van der Waals surface area (Å²) < 4.78 is 10.6. The second-order valence-electron chi connectivity index (χ2n) is 7.56. The Morgan fingerprint density at radius 3 is 2.52 bits per heavy atom. The minimum absolute atomic E-state index is 0.0998. The number of fused-ring (bicyclic) bond motifs is 1. The van der Waals surface area contributed by atoms with E-state index in [2.05, 4.69) is 0 Å². The summed E-state index contributed by atoms with van der Waals surface area (Å²) in [6, 6.07) is 16.8. The number of carbonyl (C=O) groups excluding carboxylic acids is 1. The summed E-state index contributed by atoms with van der Waals surface area (Å²) in [5.74, 6) is 0.520. The number of benzene rings is 2. The molecule has 3 aromatic rings. The Labute approximate surface area is 169 Å². The van der Waals surface area contributed by atoms with E-state index in [0.717, 1.165) is 42.4 Å². The molecule has 1 saturated carbocycles. The summed E-state index contributed by atoms with van der Waals surface area (Å²) in [5.41, 5.74) is 1.02. The summed E-state index contributed by atoms with van der Waals surface area (Å²) in [5, 5.41) is 0.753. The predicted molar refractivity (Wildman–Crippen MR) is 112 cm³/mol. The van der Waals surface area contributed by atoms with Crippen LogP contribution >= 0.6 is 0 Å². The van der Waals surface area contributed by atoms with Crippen LogP contribution < -0.4 is 10.4 Å². The van der Waals surface area contributed by atoms with E-state index in [9.17, 15) is 9.59 Å². The van der Waals surface area contributed by atoms with Gasteiger partial charge < -0.3 is 14.1 Å². The van der Waals surface area contributed by atoms with E-state index in [-0.39, 0.29) is 17.5 Å². The molecule has 1 heterocycles. The van der Waals surface area contributed by atoms with Crippen LogP contribution in [0.3, 0.4) is 0 Å². The van der Waals surface area contributed by atoms with Crippen molar-refractivity contribution in [2.45, 2.75) is 44.7 Å². The van der Waals surface area contributed by atoms with E-state index in [1.54, 1.807) is 19.2 Å². The first-order chi connectivity index (χ1) is 14.2. The molecule has 0 aliphatic heterocycles. The molecule has 5 nitrogen and oxygen atoms in total. The van der Waals surface area contributed by atoms with Crippen LogP contribution in [0.15, 0.2) is 63.8 Å². The summed E-state index contributed by atoms with van der Waals surface area (Å²) in [7, 11) is 1.63. The molecule has 29 heavy (non-hydrogen) atoms. The van der Waals surface area contributed by atoms with Gasteiger partial charge in [-0.2, -0.15) is 0 Å². The fraction of sp³-hybridized carbons (Fsp3) is 0.333. The maximum atomic E-state index is 13.5. The third-order valence-electron chi connectivity index (χ3n) is 5.66. The molecule has 5 heteroatoms. The Morgan fingerprint density at radius 2 is 1.79 bits per heavy atom. The van der Waals surface area contributed by atoms with Crippen LogP contribution in [0.1, 0.15) is 48.0 Å². The number of para-hydroxylation sites is 1. The Kier molecular flexibility index (Phi) is 5.65. The number of methoxy groups -OCH3 is 1. The Balaban J connectivity index is 1.68. The Morgan fingerprint density at radius 1 is 1.07 bits per heavy atom. The summed E-state index contributed by atoms with van der Waals surface area (Å²) in [6.07, 6.45) is 5.31. The van der Waals surface area contributed by atoms with Gasteiger partial charge >= 0.3 is 5.63 Å². The van der Waals surface area contributed by atoms with Crippen molar-refractivity contribution in [2.24, 2.45) is 0 Å². The SMILES string of the molecule is COc1ccc(CN(C(=O)c2cc3ccccc3oc2=O)C2CCCCC2)cc1. The zero-order chi connectivity index (χ0) is 20.2. The molecule has 0 bridgehead atoms. The highest BCUT2D eigenvalue weighted by atomic mass is 16.5. The maximum Gasteiger partial charge on any atom is 0.349 e. The van der Waals surface area contributed by atoms with Crippen molar-refractivity contribution in [2.75, 3.05) is 7.11 Å². The number of rotatable bonds is 5. The predicted octanol–water partition coefficient (Wildman–Crippen LogP) is 4.78. The van der Waals surface area contributed by atoms with E-state index >= 15 is 0 Å². The fourth-order valence-corrected chi connectivity index (χ4v) is 4.05. The molecular formula is C24H25NO4. The molecule has 2 aromatic carbocycles. The van der Waals surface area contributed by atoms with Gasteiger partial charge in [0.2, 0.25) is 0 Å². The van der Waals surface area contributed by atoms with Gasteiger partial charge in [0.05, 0.1) is 7.11 Å². The lowest BCUT2D eigenvalue weighted by molar-refractivity contribution is 0.0610. The Bertz CT molecular complexity index is 1050. The normalized spacial score (nSPS) is 14.7. The van der Waals surface area contributed by atoms with Gasteiger partial charge in [-0.05, 0) is 42.7 Å². The second-order valence-corrected chi connectivity index (χ2v) is 7.56. The molecule has 0 N–H and O–H groups in total. The first kappa shape index (κ1) is 19.2. The second kappa shape index (κ2) is 8.52. The van der Waals surface area contributed by atoms with Crippen molar-refractivity contribution >= 4 is 16.9 Å². The standard InChI is InChI=1S/C24H25NO4/c1-28-20-13-11-17(12-14-20)16-25(19-8-3-2-4-9-19)23(26)21-15-18-7-5-6-10-22(18)29-24(21)27/h5-7,10-15,19H,2-4,8-9,16H2,1H3. The molecular weight excluding hydrogens is 366 g/mol. The number of carbonyl (C=O) groups is 1. The highest BCUT2D eigenvalue weighted by molar-refractivity contribution is 5.96. The van der Waals surface area contributed by atoms with Crippen LogP contribution in [0.25, 0.3) is 11.0 Å². The summed E-state index contributed by atoms with van der Waals surface area (Å²) >= 11 is 0. The molecule has 1 aliphatic carbocycles. The van der Waals surface area contributed by atoms with Gasteiger partial charge in [0.25, 0.3) is 5.91 Å². The van der Waals surface area contributed by atoms with Gasteiger partial charge in [-0.15, -0.1) is 0 Å². The highest BCUT2D eigenvalue weighted by Crippen LogP contribution is 2.26. The van der Waals surface area contributed by atoms with Crippen molar-refractivity contribution in [3.63, 3.8) is 0 Å². The number of hydrogen-bond donors (Lipinski definition) is 0. The fourth-order valence-electron chi connectivity index (χ4n) is 4.05. The van der Waals surface area contributed by atoms with Crippen molar-refractivity contribution in [3.05, 3.63) is 76.1 Å². The van der Waals surface area contributed by atoms with E-state index in [1.807, 2.05) is 47.4 Å². The van der Waals surface area contributed by atoms with Crippen molar-refractivity contribution in [1.29, 1.82) is 0 Å². The third-order valence-corrected chi connectivity index (χ3v) is 5.66. The first-order valence-corrected chi connectivity index (χ1v) is 10.1. The quantitative estimate of drug-likeness (QED) is 0.588. The molecule has 4 rings (SSSR count). The zero-order valence-electron chi connectivity index (χ0n) is 16.6. The Hall–Kier alpha value is -3.08. The highest BCUT2D eigenvalue weighted by Gasteiger charge is 2.28. The number of nitrogens with zero attached hydrogens (tertiary/aromatic N) is 1. The molecule has 0 saturated heterocycles. The van der Waals surface area contributed by atoms with Gasteiger partial charge in [-0.25, -0.2) is 4.79 Å². The van der Waals surface area contributed by atoms with Crippen molar-refractivity contribution in [3.8, 4) is 5.75 Å². The van der Waals surface area contributed by atoms with E-state index in [1.165, 1.54) is 6.42 Å². The molecule has 1 aliphatic rings. The molecule has 0 unspecified atom stereocenters. The van der Waals surface area contributed by atoms with Crippen molar-refractivity contribution < 1.29 is 13.9 Å². The van der Waals surface area contributed by atoms with Gasteiger partial charge in [-0.1, -0.05) is 49.6 Å². The molecule has 0 radical (unpaired) electrons. The van der Waals surface area contributed by atoms with Crippen LogP contribution in [0.4, 0.5) is 0 Å². The lowest BCUT2D eigenvalue weighted by atomic mass is 9.93. The first-order valence-electron chi connectivity index (χ1n) is 10.1. The molecule has 1 fully saturated rings. The minimum Gasteiger partial charge on any atom is -0.497 e. The summed E-state index contributed by atoms with van der Waals surface area (Å²) in [4.78, 5) is 27.9. The monoisotopic (exact) mass is 391 g/mol. The van der Waals surface area contributed by atoms with E-state index in [4.69, 9.17) is 9.15 Å².